The Bertz CT molecular complexity index is 596. The molecule has 0 saturated carbocycles. The summed E-state index contributed by atoms with van der Waals surface area (Å²) in [6.45, 7) is 0. The maximum Gasteiger partial charge on any atom is 0.230 e. The lowest BCUT2D eigenvalue weighted by Crippen LogP contribution is -2.46. The van der Waals surface area contributed by atoms with E-state index in [1.54, 1.807) is 4.90 Å². The molecule has 4 nitrogen and oxygen atoms in total. The number of nitrogens with zero attached hydrogens (tertiary/aromatic N) is 2. The summed E-state index contributed by atoms with van der Waals surface area (Å²) in [5.41, 5.74) is 7.40. The molecule has 1 aromatic carbocycles. The molecule has 2 N–H and O–H groups in total. The number of hydrogen-bond acceptors (Lipinski definition) is 4. The maximum atomic E-state index is 11.8. The summed E-state index contributed by atoms with van der Waals surface area (Å²) in [5, 5.41) is 2.46. The summed E-state index contributed by atoms with van der Waals surface area (Å²) in [7, 11) is 0. The minimum atomic E-state index is 0.0206. The van der Waals surface area contributed by atoms with Crippen LogP contribution in [0.4, 0.5) is 10.8 Å². The Labute approximate surface area is 117 Å². The van der Waals surface area contributed by atoms with Gasteiger partial charge in [0.1, 0.15) is 0 Å². The summed E-state index contributed by atoms with van der Waals surface area (Å²) in [4.78, 5) is 17.8. The summed E-state index contributed by atoms with van der Waals surface area (Å²) in [6, 6.07) is 7.71. The van der Waals surface area contributed by atoms with Gasteiger partial charge in [-0.1, -0.05) is 15.9 Å². The zero-order valence-corrected chi connectivity index (χ0v) is 11.7. The Kier molecular flexibility index (Phi) is 2.83. The minimum Gasteiger partial charge on any atom is -0.375 e. The molecule has 2 aromatic rings. The van der Waals surface area contributed by atoms with Crippen molar-refractivity contribution in [3.8, 4) is 0 Å². The number of rotatable bonds is 2. The SMILES string of the molecule is Nc1nc(C2CC(=O)N2c2ccc(Br)cc2)cs1. The standard InChI is InChI=1S/C12H10BrN3OS/c13-7-1-3-8(4-2-7)16-10(5-11(16)17)9-6-18-12(14)15-9/h1-4,6,10H,5H2,(H2,14,15). The third kappa shape index (κ3) is 1.91. The Hall–Kier alpha value is -1.40. The molecule has 92 valence electrons. The van der Waals surface area contributed by atoms with Crippen molar-refractivity contribution in [2.24, 2.45) is 0 Å². The van der Waals surface area contributed by atoms with Crippen molar-refractivity contribution in [1.82, 2.24) is 4.98 Å². The third-order valence-electron chi connectivity index (χ3n) is 2.93. The van der Waals surface area contributed by atoms with E-state index in [9.17, 15) is 4.79 Å². The number of thiazole rings is 1. The normalized spacial score (nSPS) is 18.8. The van der Waals surface area contributed by atoms with Gasteiger partial charge in [0.25, 0.3) is 0 Å². The Morgan fingerprint density at radius 1 is 1.39 bits per heavy atom. The molecule has 1 fully saturated rings. The lowest BCUT2D eigenvalue weighted by atomic mass is 9.98. The van der Waals surface area contributed by atoms with Gasteiger partial charge >= 0.3 is 0 Å². The fourth-order valence-electron chi connectivity index (χ4n) is 2.03. The zero-order chi connectivity index (χ0) is 12.7. The number of halogens is 1. The van der Waals surface area contributed by atoms with E-state index in [1.165, 1.54) is 11.3 Å². The number of β-lactam (4-membered cyclic amide) rings is 1. The molecule has 3 rings (SSSR count). The topological polar surface area (TPSA) is 59.2 Å². The first-order valence-electron chi connectivity index (χ1n) is 5.43. The molecule has 0 spiro atoms. The van der Waals surface area contributed by atoms with Crippen LogP contribution in [0.2, 0.25) is 0 Å². The van der Waals surface area contributed by atoms with Gasteiger partial charge in [0.2, 0.25) is 5.91 Å². The predicted octanol–water partition coefficient (Wildman–Crippen LogP) is 2.97. The first kappa shape index (κ1) is 11.7. The fourth-order valence-corrected chi connectivity index (χ4v) is 2.91. The molecule has 1 atom stereocenters. The van der Waals surface area contributed by atoms with E-state index in [0.29, 0.717) is 11.6 Å². The summed E-state index contributed by atoms with van der Waals surface area (Å²) >= 11 is 4.79. The smallest absolute Gasteiger partial charge is 0.230 e. The van der Waals surface area contributed by atoms with Gasteiger partial charge in [-0.3, -0.25) is 4.79 Å². The third-order valence-corrected chi connectivity index (χ3v) is 4.16. The van der Waals surface area contributed by atoms with E-state index in [0.717, 1.165) is 15.9 Å². The highest BCUT2D eigenvalue weighted by Crippen LogP contribution is 2.39. The molecular weight excluding hydrogens is 314 g/mol. The van der Waals surface area contributed by atoms with E-state index in [2.05, 4.69) is 20.9 Å². The van der Waals surface area contributed by atoms with Gasteiger partial charge in [0.15, 0.2) is 5.13 Å². The molecule has 1 amide bonds. The van der Waals surface area contributed by atoms with Crippen molar-refractivity contribution in [3.63, 3.8) is 0 Å². The van der Waals surface area contributed by atoms with E-state index in [-0.39, 0.29) is 11.9 Å². The number of carbonyl (C=O) groups is 1. The van der Waals surface area contributed by atoms with Crippen LogP contribution in [-0.2, 0) is 4.79 Å². The maximum absolute atomic E-state index is 11.8. The van der Waals surface area contributed by atoms with Crippen LogP contribution >= 0.6 is 27.3 Å². The van der Waals surface area contributed by atoms with Crippen molar-refractivity contribution in [2.45, 2.75) is 12.5 Å². The molecule has 2 heterocycles. The van der Waals surface area contributed by atoms with Crippen LogP contribution in [-0.4, -0.2) is 10.9 Å². The zero-order valence-electron chi connectivity index (χ0n) is 9.34. The van der Waals surface area contributed by atoms with Crippen molar-refractivity contribution in [2.75, 3.05) is 10.6 Å². The van der Waals surface area contributed by atoms with E-state index < -0.39 is 0 Å². The molecule has 1 aliphatic rings. The molecule has 1 aliphatic heterocycles. The summed E-state index contributed by atoms with van der Waals surface area (Å²) in [5.74, 6) is 0.119. The van der Waals surface area contributed by atoms with Crippen molar-refractivity contribution in [3.05, 3.63) is 39.8 Å². The van der Waals surface area contributed by atoms with Crippen LogP contribution < -0.4 is 10.6 Å². The molecule has 1 aromatic heterocycles. The van der Waals surface area contributed by atoms with Crippen molar-refractivity contribution in [1.29, 1.82) is 0 Å². The van der Waals surface area contributed by atoms with Crippen LogP contribution in [0, 0.1) is 0 Å². The van der Waals surface area contributed by atoms with E-state index in [1.807, 2.05) is 29.6 Å². The second-order valence-corrected chi connectivity index (χ2v) is 5.88. The van der Waals surface area contributed by atoms with Gasteiger partial charge in [-0.05, 0) is 24.3 Å². The predicted molar refractivity (Wildman–Crippen MR) is 75.5 cm³/mol. The van der Waals surface area contributed by atoms with Crippen LogP contribution in [0.5, 0.6) is 0 Å². The lowest BCUT2D eigenvalue weighted by Gasteiger charge is -2.39. The second kappa shape index (κ2) is 4.37. The number of carbonyl (C=O) groups excluding carboxylic acids is 1. The van der Waals surface area contributed by atoms with Gasteiger partial charge in [0.05, 0.1) is 18.2 Å². The van der Waals surface area contributed by atoms with Crippen molar-refractivity contribution >= 4 is 44.0 Å². The molecule has 0 radical (unpaired) electrons. The molecule has 0 aliphatic carbocycles. The van der Waals surface area contributed by atoms with E-state index in [4.69, 9.17) is 5.73 Å². The Morgan fingerprint density at radius 3 is 2.67 bits per heavy atom. The number of benzene rings is 1. The Morgan fingerprint density at radius 2 is 2.11 bits per heavy atom. The summed E-state index contributed by atoms with van der Waals surface area (Å²) in [6.07, 6.45) is 0.499. The molecule has 6 heteroatoms. The van der Waals surface area contributed by atoms with Gasteiger partial charge < -0.3 is 10.6 Å². The number of nitrogens with two attached hydrogens (primary N) is 1. The first-order chi connectivity index (χ1) is 8.65. The minimum absolute atomic E-state index is 0.0206. The summed E-state index contributed by atoms with van der Waals surface area (Å²) < 4.78 is 0.994. The van der Waals surface area contributed by atoms with Crippen LogP contribution in [0.25, 0.3) is 0 Å². The average molecular weight is 324 g/mol. The Balaban J connectivity index is 1.90. The van der Waals surface area contributed by atoms with Gasteiger partial charge in [0, 0.05) is 15.5 Å². The average Bonchev–Trinajstić information content (AvgIpc) is 2.75. The van der Waals surface area contributed by atoms with Crippen LogP contribution in [0.3, 0.4) is 0 Å². The molecule has 18 heavy (non-hydrogen) atoms. The molecule has 0 bridgehead atoms. The quantitative estimate of drug-likeness (QED) is 0.864. The lowest BCUT2D eigenvalue weighted by molar-refractivity contribution is -0.124. The monoisotopic (exact) mass is 323 g/mol. The van der Waals surface area contributed by atoms with Crippen molar-refractivity contribution < 1.29 is 4.79 Å². The van der Waals surface area contributed by atoms with Gasteiger partial charge in [-0.25, -0.2) is 4.98 Å². The molecule has 1 unspecified atom stereocenters. The van der Waals surface area contributed by atoms with Crippen LogP contribution in [0.15, 0.2) is 34.1 Å². The number of aromatic nitrogens is 1. The largest absolute Gasteiger partial charge is 0.375 e. The number of nitrogen functional groups attached to an aromatic ring is 1. The molecule has 1 saturated heterocycles. The second-order valence-electron chi connectivity index (χ2n) is 4.07. The highest BCUT2D eigenvalue weighted by molar-refractivity contribution is 9.10. The number of amides is 1. The van der Waals surface area contributed by atoms with Gasteiger partial charge in [-0.15, -0.1) is 11.3 Å². The highest BCUT2D eigenvalue weighted by atomic mass is 79.9. The fraction of sp³-hybridized carbons (Fsp3) is 0.167. The molecular formula is C12H10BrN3OS. The van der Waals surface area contributed by atoms with Crippen LogP contribution in [0.1, 0.15) is 18.2 Å². The number of anilines is 2. The number of hydrogen-bond donors (Lipinski definition) is 1. The first-order valence-corrected chi connectivity index (χ1v) is 7.11. The van der Waals surface area contributed by atoms with Gasteiger partial charge in [-0.2, -0.15) is 0 Å². The van der Waals surface area contributed by atoms with E-state index >= 15 is 0 Å². The highest BCUT2D eigenvalue weighted by Gasteiger charge is 2.39.